The third kappa shape index (κ3) is 1.52. The SMILES string of the molecule is CC1=Cc2c(cccc2C2=Cc3cccc4cccc2c34)[CH]1. The molecule has 0 bridgehead atoms. The predicted molar refractivity (Wildman–Crippen MR) is 94.4 cm³/mol. The zero-order chi connectivity index (χ0) is 14.7. The van der Waals surface area contributed by atoms with Crippen LogP contribution < -0.4 is 0 Å². The van der Waals surface area contributed by atoms with E-state index in [1.807, 2.05) is 0 Å². The van der Waals surface area contributed by atoms with Gasteiger partial charge in [0.15, 0.2) is 0 Å². The van der Waals surface area contributed by atoms with Crippen LogP contribution in [0.4, 0.5) is 0 Å². The second-order valence-electron chi connectivity index (χ2n) is 6.15. The molecular formula is C22H15. The highest BCUT2D eigenvalue weighted by atomic mass is 14.2. The van der Waals surface area contributed by atoms with Gasteiger partial charge in [0.25, 0.3) is 0 Å². The third-order valence-electron chi connectivity index (χ3n) is 4.71. The van der Waals surface area contributed by atoms with E-state index in [1.54, 1.807) is 0 Å². The van der Waals surface area contributed by atoms with Crippen LogP contribution in [0.3, 0.4) is 0 Å². The van der Waals surface area contributed by atoms with Crippen molar-refractivity contribution in [1.29, 1.82) is 0 Å². The number of benzene rings is 3. The maximum absolute atomic E-state index is 2.34. The Labute approximate surface area is 130 Å². The van der Waals surface area contributed by atoms with Gasteiger partial charge in [-0.25, -0.2) is 0 Å². The first kappa shape index (κ1) is 12.0. The molecule has 1 radical (unpaired) electrons. The fourth-order valence-electron chi connectivity index (χ4n) is 3.79. The van der Waals surface area contributed by atoms with E-state index in [0.717, 1.165) is 0 Å². The lowest BCUT2D eigenvalue weighted by molar-refractivity contribution is 1.44. The van der Waals surface area contributed by atoms with Gasteiger partial charge in [0.1, 0.15) is 0 Å². The molecule has 0 heteroatoms. The first-order valence-electron chi connectivity index (χ1n) is 7.71. The Hall–Kier alpha value is -2.60. The summed E-state index contributed by atoms with van der Waals surface area (Å²) in [7, 11) is 0. The van der Waals surface area contributed by atoms with Gasteiger partial charge in [0, 0.05) is 6.42 Å². The Morgan fingerprint density at radius 3 is 2.32 bits per heavy atom. The molecule has 0 amide bonds. The zero-order valence-electron chi connectivity index (χ0n) is 12.4. The van der Waals surface area contributed by atoms with Crippen molar-refractivity contribution >= 4 is 28.5 Å². The van der Waals surface area contributed by atoms with E-state index >= 15 is 0 Å². The largest absolute Gasteiger partial charge is 0.0642 e. The molecule has 0 saturated carbocycles. The Balaban J connectivity index is 1.81. The van der Waals surface area contributed by atoms with E-state index in [4.69, 9.17) is 0 Å². The normalized spacial score (nSPS) is 15.0. The lowest BCUT2D eigenvalue weighted by Crippen LogP contribution is -1.91. The molecule has 3 aromatic rings. The van der Waals surface area contributed by atoms with Crippen molar-refractivity contribution in [3.05, 3.63) is 94.4 Å². The van der Waals surface area contributed by atoms with Gasteiger partial charge >= 0.3 is 0 Å². The van der Waals surface area contributed by atoms with Crippen LogP contribution in [0.2, 0.25) is 0 Å². The van der Waals surface area contributed by atoms with Crippen LogP contribution in [-0.4, -0.2) is 0 Å². The zero-order valence-corrected chi connectivity index (χ0v) is 12.4. The Bertz CT molecular complexity index is 994. The van der Waals surface area contributed by atoms with E-state index in [0.29, 0.717) is 0 Å². The monoisotopic (exact) mass is 279 g/mol. The number of hydrogen-bond donors (Lipinski definition) is 0. The van der Waals surface area contributed by atoms with Crippen molar-refractivity contribution < 1.29 is 0 Å². The van der Waals surface area contributed by atoms with Crippen molar-refractivity contribution in [2.45, 2.75) is 6.92 Å². The molecule has 3 aromatic carbocycles. The highest BCUT2D eigenvalue weighted by Gasteiger charge is 2.21. The first-order chi connectivity index (χ1) is 10.8. The van der Waals surface area contributed by atoms with Crippen LogP contribution in [0.5, 0.6) is 0 Å². The first-order valence-corrected chi connectivity index (χ1v) is 7.71. The highest BCUT2D eigenvalue weighted by Crippen LogP contribution is 2.43. The summed E-state index contributed by atoms with van der Waals surface area (Å²) in [5.74, 6) is 0. The average Bonchev–Trinajstić information content (AvgIpc) is 3.09. The molecule has 0 heterocycles. The molecule has 0 N–H and O–H groups in total. The van der Waals surface area contributed by atoms with Crippen molar-refractivity contribution in [2.75, 3.05) is 0 Å². The summed E-state index contributed by atoms with van der Waals surface area (Å²) in [6.07, 6.45) is 6.91. The molecule has 0 aromatic heterocycles. The molecule has 5 rings (SSSR count). The summed E-state index contributed by atoms with van der Waals surface area (Å²) < 4.78 is 0. The van der Waals surface area contributed by atoms with Crippen LogP contribution in [-0.2, 0) is 0 Å². The van der Waals surface area contributed by atoms with Gasteiger partial charge in [-0.2, -0.15) is 0 Å². The highest BCUT2D eigenvalue weighted by molar-refractivity contribution is 6.13. The van der Waals surface area contributed by atoms with Gasteiger partial charge in [-0.3, -0.25) is 0 Å². The van der Waals surface area contributed by atoms with Gasteiger partial charge in [0.05, 0.1) is 0 Å². The molecule has 0 saturated heterocycles. The summed E-state index contributed by atoms with van der Waals surface area (Å²) in [5.41, 5.74) is 9.41. The number of allylic oxidation sites excluding steroid dienone is 1. The molecule has 22 heavy (non-hydrogen) atoms. The molecule has 0 atom stereocenters. The average molecular weight is 279 g/mol. The Morgan fingerprint density at radius 1 is 0.682 bits per heavy atom. The molecule has 2 aliphatic carbocycles. The van der Waals surface area contributed by atoms with Gasteiger partial charge in [-0.05, 0) is 57.2 Å². The smallest absolute Gasteiger partial charge is 0.0161 e. The van der Waals surface area contributed by atoms with Crippen molar-refractivity contribution in [3.8, 4) is 0 Å². The van der Waals surface area contributed by atoms with Crippen molar-refractivity contribution in [2.24, 2.45) is 0 Å². The molecule has 103 valence electrons. The lowest BCUT2D eigenvalue weighted by atomic mass is 9.93. The topological polar surface area (TPSA) is 0 Å². The van der Waals surface area contributed by atoms with Crippen LogP contribution >= 0.6 is 0 Å². The minimum absolute atomic E-state index is 1.33. The molecular weight excluding hydrogens is 264 g/mol. The van der Waals surface area contributed by atoms with Crippen LogP contribution in [0.25, 0.3) is 28.5 Å². The summed E-state index contributed by atoms with van der Waals surface area (Å²) in [6.45, 7) is 2.17. The summed E-state index contributed by atoms with van der Waals surface area (Å²) in [4.78, 5) is 0. The number of hydrogen-bond acceptors (Lipinski definition) is 0. The Kier molecular flexibility index (Phi) is 2.29. The summed E-state index contributed by atoms with van der Waals surface area (Å²) >= 11 is 0. The van der Waals surface area contributed by atoms with E-state index in [1.165, 1.54) is 49.7 Å². The molecule has 0 unspecified atom stereocenters. The second kappa shape index (κ2) is 4.20. The molecule has 0 spiro atoms. The van der Waals surface area contributed by atoms with Gasteiger partial charge in [-0.1, -0.05) is 66.2 Å². The third-order valence-corrected chi connectivity index (χ3v) is 4.71. The van der Waals surface area contributed by atoms with Crippen LogP contribution in [0.15, 0.2) is 60.2 Å². The van der Waals surface area contributed by atoms with Gasteiger partial charge < -0.3 is 0 Å². The van der Waals surface area contributed by atoms with Crippen LogP contribution in [0, 0.1) is 6.42 Å². The minimum Gasteiger partial charge on any atom is -0.0642 e. The maximum Gasteiger partial charge on any atom is 0.0161 e. The van der Waals surface area contributed by atoms with Gasteiger partial charge in [-0.15, -0.1) is 0 Å². The fourth-order valence-corrected chi connectivity index (χ4v) is 3.79. The minimum atomic E-state index is 1.33. The summed E-state index contributed by atoms with van der Waals surface area (Å²) in [6, 6.07) is 19.8. The predicted octanol–water partition coefficient (Wildman–Crippen LogP) is 5.71. The molecule has 2 aliphatic rings. The van der Waals surface area contributed by atoms with Crippen molar-refractivity contribution in [3.63, 3.8) is 0 Å². The van der Waals surface area contributed by atoms with E-state index in [9.17, 15) is 0 Å². The quantitative estimate of drug-likeness (QED) is 0.418. The van der Waals surface area contributed by atoms with Gasteiger partial charge in [0.2, 0.25) is 0 Å². The van der Waals surface area contributed by atoms with Crippen molar-refractivity contribution in [1.82, 2.24) is 0 Å². The summed E-state index contributed by atoms with van der Waals surface area (Å²) in [5, 5.41) is 2.72. The Morgan fingerprint density at radius 2 is 1.41 bits per heavy atom. The van der Waals surface area contributed by atoms with E-state index < -0.39 is 0 Å². The second-order valence-corrected chi connectivity index (χ2v) is 6.15. The van der Waals surface area contributed by atoms with Crippen LogP contribution in [0.1, 0.15) is 34.7 Å². The fraction of sp³-hybridized carbons (Fsp3) is 0.0455. The molecule has 0 nitrogen and oxygen atoms in total. The number of fused-ring (bicyclic) bond motifs is 1. The number of rotatable bonds is 1. The standard InChI is InChI=1S/C22H15/c1-14-11-16-7-4-9-18(20(16)12-14)21-13-17-8-2-5-15-6-3-10-19(21)22(15)17/h2-13H,1H3. The molecule has 0 aliphatic heterocycles. The lowest BCUT2D eigenvalue weighted by Gasteiger charge is -2.10. The van der Waals surface area contributed by atoms with E-state index in [2.05, 4.69) is 80.1 Å². The maximum atomic E-state index is 2.34. The molecule has 0 fully saturated rings. The van der Waals surface area contributed by atoms with E-state index in [-0.39, 0.29) is 0 Å².